The van der Waals surface area contributed by atoms with Gasteiger partial charge in [0.25, 0.3) is 0 Å². The molecule has 3 atom stereocenters. The molecule has 0 bridgehead atoms. The highest BCUT2D eigenvalue weighted by Gasteiger charge is 2.42. The summed E-state index contributed by atoms with van der Waals surface area (Å²) in [5, 5.41) is 11.9. The van der Waals surface area contributed by atoms with Crippen LogP contribution in [0.5, 0.6) is 0 Å². The third-order valence-corrected chi connectivity index (χ3v) is 5.71. The van der Waals surface area contributed by atoms with Crippen molar-refractivity contribution in [3.63, 3.8) is 0 Å². The second-order valence-corrected chi connectivity index (χ2v) is 7.96. The maximum atomic E-state index is 11.8. The number of amides is 4. The van der Waals surface area contributed by atoms with Crippen molar-refractivity contribution in [2.75, 3.05) is 12.3 Å². The van der Waals surface area contributed by atoms with E-state index in [0.29, 0.717) is 24.6 Å². The monoisotopic (exact) mass is 356 g/mol. The molecule has 2 rings (SSSR count). The number of hydrogen-bond donors (Lipinski definition) is 4. The molecule has 8 heteroatoms. The highest BCUT2D eigenvalue weighted by atomic mass is 32.2. The molecule has 0 radical (unpaired) electrons. The van der Waals surface area contributed by atoms with Crippen molar-refractivity contribution in [3.8, 4) is 0 Å². The molecule has 3 unspecified atom stereocenters. The highest BCUT2D eigenvalue weighted by Crippen LogP contribution is 2.33. The molecule has 4 amide bonds. The van der Waals surface area contributed by atoms with Crippen LogP contribution in [-0.4, -0.2) is 53.5 Å². The van der Waals surface area contributed by atoms with E-state index in [2.05, 4.69) is 21.3 Å². The first-order valence-electron chi connectivity index (χ1n) is 8.70. The Bertz CT molecular complexity index is 472. The maximum Gasteiger partial charge on any atom is 0.315 e. The SMILES string of the molecule is CC(C)NC(=O)CCNC(=O)CCCCC1SCC2NC(=O)NC21. The molecule has 0 aromatic rings. The molecular formula is C16H28N4O3S. The number of unbranched alkanes of at least 4 members (excludes halogenated alkanes) is 1. The van der Waals surface area contributed by atoms with Gasteiger partial charge in [-0.3, -0.25) is 9.59 Å². The van der Waals surface area contributed by atoms with Gasteiger partial charge in [-0.1, -0.05) is 6.42 Å². The van der Waals surface area contributed by atoms with Gasteiger partial charge in [-0.2, -0.15) is 11.8 Å². The van der Waals surface area contributed by atoms with Crippen molar-refractivity contribution >= 4 is 29.6 Å². The molecule has 0 aromatic heterocycles. The zero-order chi connectivity index (χ0) is 17.5. The highest BCUT2D eigenvalue weighted by molar-refractivity contribution is 8.00. The van der Waals surface area contributed by atoms with Gasteiger partial charge in [0.2, 0.25) is 11.8 Å². The Balaban J connectivity index is 1.51. The van der Waals surface area contributed by atoms with Crippen molar-refractivity contribution in [1.29, 1.82) is 0 Å². The zero-order valence-corrected chi connectivity index (χ0v) is 15.2. The van der Waals surface area contributed by atoms with Crippen LogP contribution >= 0.6 is 11.8 Å². The minimum atomic E-state index is -0.0591. The molecule has 24 heavy (non-hydrogen) atoms. The van der Waals surface area contributed by atoms with E-state index in [-0.39, 0.29) is 36.0 Å². The van der Waals surface area contributed by atoms with Crippen molar-refractivity contribution in [2.45, 2.75) is 69.3 Å². The topological polar surface area (TPSA) is 99.3 Å². The van der Waals surface area contributed by atoms with Gasteiger partial charge in [-0.25, -0.2) is 4.79 Å². The number of nitrogens with one attached hydrogen (secondary N) is 4. The first-order valence-corrected chi connectivity index (χ1v) is 9.75. The molecule has 2 aliphatic heterocycles. The maximum absolute atomic E-state index is 11.8. The molecule has 2 fully saturated rings. The Labute approximate surface area is 147 Å². The second-order valence-electron chi connectivity index (χ2n) is 6.69. The van der Waals surface area contributed by atoms with E-state index in [0.717, 1.165) is 25.0 Å². The van der Waals surface area contributed by atoms with Crippen molar-refractivity contribution in [1.82, 2.24) is 21.3 Å². The van der Waals surface area contributed by atoms with Crippen molar-refractivity contribution < 1.29 is 14.4 Å². The molecule has 7 nitrogen and oxygen atoms in total. The summed E-state index contributed by atoms with van der Waals surface area (Å²) in [5.41, 5.74) is 0. The minimum absolute atomic E-state index is 0.000124. The van der Waals surface area contributed by atoms with Gasteiger partial charge in [0.15, 0.2) is 0 Å². The van der Waals surface area contributed by atoms with Crippen molar-refractivity contribution in [3.05, 3.63) is 0 Å². The molecule has 2 aliphatic rings. The molecule has 0 aromatic carbocycles. The van der Waals surface area contributed by atoms with E-state index >= 15 is 0 Å². The average Bonchev–Trinajstić information content (AvgIpc) is 3.02. The number of hydrogen-bond acceptors (Lipinski definition) is 4. The van der Waals surface area contributed by atoms with Gasteiger partial charge < -0.3 is 21.3 Å². The van der Waals surface area contributed by atoms with Crippen LogP contribution in [0.3, 0.4) is 0 Å². The van der Waals surface area contributed by atoms with Gasteiger partial charge in [0.1, 0.15) is 0 Å². The number of thioether (sulfide) groups is 1. The molecule has 2 heterocycles. The van der Waals surface area contributed by atoms with Crippen LogP contribution in [0.2, 0.25) is 0 Å². The van der Waals surface area contributed by atoms with Crippen LogP contribution in [0.1, 0.15) is 46.0 Å². The standard InChI is InChI=1S/C16H28N4O3S/c1-10(2)18-14(22)7-8-17-13(21)6-4-3-5-12-15-11(9-24-12)19-16(23)20-15/h10-12,15H,3-9H2,1-2H3,(H,17,21)(H,18,22)(H2,19,20,23). The smallest absolute Gasteiger partial charge is 0.315 e. The first-order chi connectivity index (χ1) is 11.5. The van der Waals surface area contributed by atoms with Gasteiger partial charge in [0.05, 0.1) is 12.1 Å². The lowest BCUT2D eigenvalue weighted by molar-refractivity contribution is -0.122. The van der Waals surface area contributed by atoms with E-state index in [9.17, 15) is 14.4 Å². The lowest BCUT2D eigenvalue weighted by Gasteiger charge is -2.16. The van der Waals surface area contributed by atoms with E-state index < -0.39 is 0 Å². The third-order valence-electron chi connectivity index (χ3n) is 4.20. The van der Waals surface area contributed by atoms with Gasteiger partial charge in [0, 0.05) is 36.4 Å². The van der Waals surface area contributed by atoms with Gasteiger partial charge in [-0.15, -0.1) is 0 Å². The van der Waals surface area contributed by atoms with Crippen LogP contribution in [0.4, 0.5) is 4.79 Å². The molecule has 0 saturated carbocycles. The second kappa shape index (κ2) is 9.15. The quantitative estimate of drug-likeness (QED) is 0.362. The summed E-state index contributed by atoms with van der Waals surface area (Å²) < 4.78 is 0. The fraction of sp³-hybridized carbons (Fsp3) is 0.812. The van der Waals surface area contributed by atoms with Crippen LogP contribution in [0, 0.1) is 0 Å². The summed E-state index contributed by atoms with van der Waals surface area (Å²) in [6.45, 7) is 4.21. The van der Waals surface area contributed by atoms with Crippen LogP contribution in [0.25, 0.3) is 0 Å². The van der Waals surface area contributed by atoms with Crippen LogP contribution in [-0.2, 0) is 9.59 Å². The molecule has 4 N–H and O–H groups in total. The average molecular weight is 356 g/mol. The normalized spacial score (nSPS) is 25.1. The number of rotatable bonds is 9. The first kappa shape index (κ1) is 18.9. The zero-order valence-electron chi connectivity index (χ0n) is 14.4. The van der Waals surface area contributed by atoms with Crippen LogP contribution < -0.4 is 21.3 Å². The predicted molar refractivity (Wildman–Crippen MR) is 94.9 cm³/mol. The predicted octanol–water partition coefficient (Wildman–Crippen LogP) is 0.743. The van der Waals surface area contributed by atoms with Gasteiger partial charge >= 0.3 is 6.03 Å². The Morgan fingerprint density at radius 2 is 2.00 bits per heavy atom. The number of carbonyl (C=O) groups excluding carboxylic acids is 3. The Morgan fingerprint density at radius 1 is 1.21 bits per heavy atom. The minimum Gasteiger partial charge on any atom is -0.356 e. The van der Waals surface area contributed by atoms with E-state index in [1.165, 1.54) is 0 Å². The lowest BCUT2D eigenvalue weighted by Crippen LogP contribution is -2.36. The fourth-order valence-electron chi connectivity index (χ4n) is 3.07. The van der Waals surface area contributed by atoms with Gasteiger partial charge in [-0.05, 0) is 26.7 Å². The summed E-state index contributed by atoms with van der Waals surface area (Å²) in [4.78, 5) is 34.5. The number of fused-ring (bicyclic) bond motifs is 1. The van der Waals surface area contributed by atoms with Crippen LogP contribution in [0.15, 0.2) is 0 Å². The summed E-state index contributed by atoms with van der Waals surface area (Å²) in [5.74, 6) is 0.929. The number of urea groups is 1. The van der Waals surface area contributed by atoms with Crippen molar-refractivity contribution in [2.24, 2.45) is 0 Å². The molecular weight excluding hydrogens is 328 g/mol. The summed E-state index contributed by atoms with van der Waals surface area (Å²) in [7, 11) is 0. The van der Waals surface area contributed by atoms with E-state index in [1.807, 2.05) is 25.6 Å². The Morgan fingerprint density at radius 3 is 2.75 bits per heavy atom. The third kappa shape index (κ3) is 5.89. The lowest BCUT2D eigenvalue weighted by atomic mass is 10.0. The largest absolute Gasteiger partial charge is 0.356 e. The summed E-state index contributed by atoms with van der Waals surface area (Å²) in [6, 6.07) is 0.556. The Hall–Kier alpha value is -1.44. The number of carbonyl (C=O) groups is 3. The molecule has 0 aliphatic carbocycles. The summed E-state index contributed by atoms with van der Waals surface area (Å²) in [6.07, 6.45) is 3.62. The molecule has 136 valence electrons. The van der Waals surface area contributed by atoms with E-state index in [1.54, 1.807) is 0 Å². The fourth-order valence-corrected chi connectivity index (χ4v) is 4.62. The molecule has 2 saturated heterocycles. The molecule has 0 spiro atoms. The van der Waals surface area contributed by atoms with E-state index in [4.69, 9.17) is 0 Å². The summed E-state index contributed by atoms with van der Waals surface area (Å²) >= 11 is 1.89. The Kier molecular flexibility index (Phi) is 7.20.